The van der Waals surface area contributed by atoms with Crippen molar-refractivity contribution in [2.45, 2.75) is 12.8 Å². The van der Waals surface area contributed by atoms with Crippen LogP contribution in [-0.4, -0.2) is 45.8 Å². The average Bonchev–Trinajstić information content (AvgIpc) is 3.16. The summed E-state index contributed by atoms with van der Waals surface area (Å²) in [5, 5.41) is 14.7. The largest absolute Gasteiger partial charge is 0.497 e. The third kappa shape index (κ3) is 3.47. The molecule has 1 aliphatic heterocycles. The number of methoxy groups -OCH3 is 1. The first-order valence-electron chi connectivity index (χ1n) is 9.95. The lowest BCUT2D eigenvalue weighted by molar-refractivity contribution is 0.103. The van der Waals surface area contributed by atoms with Crippen molar-refractivity contribution < 1.29 is 14.6 Å². The zero-order valence-corrected chi connectivity index (χ0v) is 16.9. The van der Waals surface area contributed by atoms with Crippen LogP contribution in [0.3, 0.4) is 0 Å². The number of para-hydroxylation sites is 1. The van der Waals surface area contributed by atoms with E-state index in [1.807, 2.05) is 42.5 Å². The first kappa shape index (κ1) is 19.1. The second-order valence-electron chi connectivity index (χ2n) is 7.32. The highest BCUT2D eigenvalue weighted by atomic mass is 16.5. The summed E-state index contributed by atoms with van der Waals surface area (Å²) < 4.78 is 5.30. The maximum Gasteiger partial charge on any atom is 0.213 e. The van der Waals surface area contributed by atoms with Crippen LogP contribution in [0.4, 0.5) is 11.5 Å². The average molecular weight is 415 g/mol. The first-order chi connectivity index (χ1) is 15.1. The summed E-state index contributed by atoms with van der Waals surface area (Å²) in [6, 6.07) is 14.9. The minimum Gasteiger partial charge on any atom is -0.497 e. The van der Waals surface area contributed by atoms with Crippen LogP contribution in [0, 0.1) is 0 Å². The lowest BCUT2D eigenvalue weighted by Crippen LogP contribution is -2.41. The highest BCUT2D eigenvalue weighted by Crippen LogP contribution is 2.28. The molecule has 1 aliphatic rings. The number of carbonyl (C=O) groups excluding carboxylic acids is 1. The van der Waals surface area contributed by atoms with Crippen LogP contribution >= 0.6 is 0 Å². The number of benzene rings is 2. The number of carbonyl (C=O) groups is 1. The molecule has 5 rings (SSSR count). The van der Waals surface area contributed by atoms with Crippen molar-refractivity contribution >= 4 is 28.2 Å². The number of aliphatic hydroxyl groups excluding tert-OH is 1. The van der Waals surface area contributed by atoms with E-state index in [9.17, 15) is 9.90 Å². The Morgan fingerprint density at radius 3 is 2.94 bits per heavy atom. The molecule has 3 heterocycles. The maximum absolute atomic E-state index is 13.1. The van der Waals surface area contributed by atoms with Gasteiger partial charge in [0.2, 0.25) is 12.1 Å². The van der Waals surface area contributed by atoms with Gasteiger partial charge in [-0.25, -0.2) is 9.97 Å². The Morgan fingerprint density at radius 1 is 1.19 bits per heavy atom. The maximum atomic E-state index is 13.1. The third-order valence-electron chi connectivity index (χ3n) is 5.53. The normalized spacial score (nSPS) is 15.8. The molecule has 0 amide bonds. The second kappa shape index (κ2) is 7.73. The van der Waals surface area contributed by atoms with Crippen LogP contribution in [0.15, 0.2) is 61.1 Å². The molecule has 2 aromatic heterocycles. The van der Waals surface area contributed by atoms with Gasteiger partial charge in [-0.05, 0) is 36.2 Å². The molecule has 0 saturated heterocycles. The monoisotopic (exact) mass is 415 g/mol. The van der Waals surface area contributed by atoms with Gasteiger partial charge >= 0.3 is 0 Å². The number of fused-ring (bicyclic) bond motifs is 2. The summed E-state index contributed by atoms with van der Waals surface area (Å²) >= 11 is 0. The van der Waals surface area contributed by atoms with Crippen LogP contribution in [0.2, 0.25) is 0 Å². The lowest BCUT2D eigenvalue weighted by atomic mass is 10.1. The SMILES string of the molecule is COc1ccc2c(c1)CCN(c1cc(C(=O)c3c[nH]c4ccccc34)ncn1)C(O)N2. The number of hydrogen-bond donors (Lipinski definition) is 3. The zero-order chi connectivity index (χ0) is 21.4. The Hall–Kier alpha value is -3.91. The van der Waals surface area contributed by atoms with Gasteiger partial charge in [-0.1, -0.05) is 18.2 Å². The number of nitrogens with one attached hydrogen (secondary N) is 2. The van der Waals surface area contributed by atoms with E-state index in [0.29, 0.717) is 24.3 Å². The van der Waals surface area contributed by atoms with Crippen LogP contribution in [0.5, 0.6) is 5.75 Å². The van der Waals surface area contributed by atoms with Crippen molar-refractivity contribution in [2.75, 3.05) is 23.9 Å². The van der Waals surface area contributed by atoms with Crippen LogP contribution in [-0.2, 0) is 6.42 Å². The third-order valence-corrected chi connectivity index (χ3v) is 5.53. The van der Waals surface area contributed by atoms with Crippen LogP contribution < -0.4 is 15.0 Å². The zero-order valence-electron chi connectivity index (χ0n) is 16.9. The second-order valence-corrected chi connectivity index (χ2v) is 7.32. The number of aromatic nitrogens is 3. The summed E-state index contributed by atoms with van der Waals surface area (Å²) in [6.07, 6.45) is 2.72. The molecule has 8 heteroatoms. The fourth-order valence-electron chi connectivity index (χ4n) is 3.89. The van der Waals surface area contributed by atoms with Crippen molar-refractivity contribution in [3.8, 4) is 5.75 Å². The summed E-state index contributed by atoms with van der Waals surface area (Å²) in [5.74, 6) is 1.03. The predicted molar refractivity (Wildman–Crippen MR) is 117 cm³/mol. The number of rotatable bonds is 4. The molecule has 0 radical (unpaired) electrons. The minimum atomic E-state index is -0.999. The van der Waals surface area contributed by atoms with E-state index in [1.165, 1.54) is 6.33 Å². The summed E-state index contributed by atoms with van der Waals surface area (Å²) in [5.41, 5.74) is 3.57. The van der Waals surface area contributed by atoms with Crippen LogP contribution in [0.25, 0.3) is 10.9 Å². The van der Waals surface area contributed by atoms with E-state index in [4.69, 9.17) is 4.74 Å². The molecule has 4 aromatic rings. The number of ether oxygens (including phenoxy) is 1. The first-order valence-corrected chi connectivity index (χ1v) is 9.95. The van der Waals surface area contributed by atoms with E-state index in [-0.39, 0.29) is 11.5 Å². The van der Waals surface area contributed by atoms with E-state index < -0.39 is 6.35 Å². The minimum absolute atomic E-state index is 0.202. The van der Waals surface area contributed by atoms with E-state index >= 15 is 0 Å². The van der Waals surface area contributed by atoms with Crippen molar-refractivity contribution in [1.29, 1.82) is 0 Å². The van der Waals surface area contributed by atoms with Gasteiger partial charge in [-0.2, -0.15) is 0 Å². The Balaban J connectivity index is 1.44. The number of hydrogen-bond acceptors (Lipinski definition) is 7. The Labute approximate surface area is 178 Å². The predicted octanol–water partition coefficient (Wildman–Crippen LogP) is 2.95. The highest BCUT2D eigenvalue weighted by Gasteiger charge is 2.24. The van der Waals surface area contributed by atoms with Crippen LogP contribution in [0.1, 0.15) is 21.6 Å². The Bertz CT molecular complexity index is 1270. The number of aliphatic hydroxyl groups is 1. The molecular formula is C23H21N5O3. The fourth-order valence-corrected chi connectivity index (χ4v) is 3.89. The molecule has 0 aliphatic carbocycles. The smallest absolute Gasteiger partial charge is 0.213 e. The fraction of sp³-hybridized carbons (Fsp3) is 0.174. The molecule has 0 saturated carbocycles. The van der Waals surface area contributed by atoms with Gasteiger partial charge in [0.05, 0.1) is 7.11 Å². The number of aromatic amines is 1. The van der Waals surface area contributed by atoms with E-state index in [1.54, 1.807) is 24.3 Å². The molecule has 8 nitrogen and oxygen atoms in total. The molecule has 2 aromatic carbocycles. The Kier molecular flexibility index (Phi) is 4.76. The van der Waals surface area contributed by atoms with Crippen molar-refractivity contribution in [1.82, 2.24) is 15.0 Å². The lowest BCUT2D eigenvalue weighted by Gasteiger charge is -2.27. The van der Waals surface area contributed by atoms with Crippen molar-refractivity contribution in [3.05, 3.63) is 77.9 Å². The number of nitrogens with zero attached hydrogens (tertiary/aromatic N) is 3. The molecular weight excluding hydrogens is 394 g/mol. The van der Waals surface area contributed by atoms with Gasteiger partial charge in [0.1, 0.15) is 23.6 Å². The van der Waals surface area contributed by atoms with Gasteiger partial charge in [0.25, 0.3) is 0 Å². The molecule has 1 unspecified atom stereocenters. The van der Waals surface area contributed by atoms with Gasteiger partial charge < -0.3 is 25.0 Å². The topological polar surface area (TPSA) is 103 Å². The van der Waals surface area contributed by atoms with Gasteiger partial charge in [-0.15, -0.1) is 0 Å². The molecule has 3 N–H and O–H groups in total. The van der Waals surface area contributed by atoms with Crippen molar-refractivity contribution in [3.63, 3.8) is 0 Å². The molecule has 0 spiro atoms. The standard InChI is InChI=1S/C23H21N5O3/c1-31-15-6-7-18-14(10-15)8-9-28(23(30)27-18)21-11-20(25-13-26-21)22(29)17-12-24-19-5-3-2-4-16(17)19/h2-7,10-13,23-24,27,30H,8-9H2,1H3. The van der Waals surface area contributed by atoms with Gasteiger partial charge in [0, 0.05) is 41.0 Å². The van der Waals surface area contributed by atoms with Gasteiger partial charge in [0.15, 0.2) is 0 Å². The quantitative estimate of drug-likeness (QED) is 0.440. The number of H-pyrrole nitrogens is 1. The molecule has 0 fully saturated rings. The summed E-state index contributed by atoms with van der Waals surface area (Å²) in [6.45, 7) is 0.506. The number of anilines is 2. The summed E-state index contributed by atoms with van der Waals surface area (Å²) in [4.78, 5) is 26.5. The van der Waals surface area contributed by atoms with Gasteiger partial charge in [-0.3, -0.25) is 4.79 Å². The van der Waals surface area contributed by atoms with E-state index in [0.717, 1.165) is 27.9 Å². The summed E-state index contributed by atoms with van der Waals surface area (Å²) in [7, 11) is 1.63. The van der Waals surface area contributed by atoms with Crippen molar-refractivity contribution in [2.24, 2.45) is 0 Å². The molecule has 0 bridgehead atoms. The highest BCUT2D eigenvalue weighted by molar-refractivity contribution is 6.15. The number of ketones is 1. The molecule has 1 atom stereocenters. The Morgan fingerprint density at radius 2 is 2.06 bits per heavy atom. The van der Waals surface area contributed by atoms with E-state index in [2.05, 4.69) is 20.3 Å². The molecule has 31 heavy (non-hydrogen) atoms. The molecule has 156 valence electrons.